The van der Waals surface area contributed by atoms with E-state index in [4.69, 9.17) is 0 Å². The molecule has 0 bridgehead atoms. The third kappa shape index (κ3) is 1.79. The first-order valence-electron chi connectivity index (χ1n) is 4.87. The second-order valence-electron chi connectivity index (χ2n) is 3.64. The predicted octanol–water partition coefficient (Wildman–Crippen LogP) is 1.74. The fraction of sp³-hybridized carbons (Fsp3) is 0.600. The van der Waals surface area contributed by atoms with Gasteiger partial charge in [0.1, 0.15) is 6.29 Å². The Morgan fingerprint density at radius 1 is 1.54 bits per heavy atom. The second kappa shape index (κ2) is 3.73. The van der Waals surface area contributed by atoms with Crippen LogP contribution in [0.15, 0.2) is 12.4 Å². The van der Waals surface area contributed by atoms with E-state index in [9.17, 15) is 4.79 Å². The number of aldehydes is 1. The van der Waals surface area contributed by atoms with Crippen LogP contribution < -0.4 is 0 Å². The summed E-state index contributed by atoms with van der Waals surface area (Å²) in [5.41, 5.74) is 1.03. The first kappa shape index (κ1) is 8.48. The van der Waals surface area contributed by atoms with E-state index >= 15 is 0 Å². The topological polar surface area (TPSA) is 34.9 Å². The maximum atomic E-state index is 10.3. The van der Waals surface area contributed by atoms with Crippen molar-refractivity contribution in [1.29, 1.82) is 0 Å². The van der Waals surface area contributed by atoms with Gasteiger partial charge in [-0.15, -0.1) is 0 Å². The number of hydrogen-bond donors (Lipinski definition) is 0. The molecule has 2 rings (SSSR count). The van der Waals surface area contributed by atoms with Crippen LogP contribution in [0.2, 0.25) is 0 Å². The van der Waals surface area contributed by atoms with Gasteiger partial charge in [0.15, 0.2) is 0 Å². The third-order valence-corrected chi connectivity index (χ3v) is 2.67. The molecule has 70 valence electrons. The van der Waals surface area contributed by atoms with Gasteiger partial charge in [-0.1, -0.05) is 12.8 Å². The molecule has 1 saturated carbocycles. The highest BCUT2D eigenvalue weighted by Gasteiger charge is 2.17. The minimum absolute atomic E-state index is 0.493. The van der Waals surface area contributed by atoms with E-state index in [-0.39, 0.29) is 0 Å². The summed E-state index contributed by atoms with van der Waals surface area (Å²) >= 11 is 0. The van der Waals surface area contributed by atoms with Crippen LogP contribution >= 0.6 is 0 Å². The van der Waals surface area contributed by atoms with Crippen molar-refractivity contribution in [2.24, 2.45) is 0 Å². The predicted molar refractivity (Wildman–Crippen MR) is 49.5 cm³/mol. The van der Waals surface area contributed by atoms with Gasteiger partial charge >= 0.3 is 0 Å². The van der Waals surface area contributed by atoms with Crippen LogP contribution in [0, 0.1) is 0 Å². The number of rotatable bonds is 3. The molecule has 1 fully saturated rings. The lowest BCUT2D eigenvalue weighted by Gasteiger charge is -2.08. The van der Waals surface area contributed by atoms with E-state index in [1.54, 1.807) is 6.20 Å². The number of nitrogens with zero attached hydrogens (tertiary/aromatic N) is 2. The molecule has 0 aliphatic heterocycles. The van der Waals surface area contributed by atoms with E-state index in [0.717, 1.165) is 11.8 Å². The Balaban J connectivity index is 2.07. The van der Waals surface area contributed by atoms with E-state index in [2.05, 4.69) is 5.10 Å². The number of hydrogen-bond acceptors (Lipinski definition) is 2. The van der Waals surface area contributed by atoms with Crippen molar-refractivity contribution in [3.8, 4) is 0 Å². The molecule has 0 N–H and O–H groups in total. The molecule has 3 nitrogen and oxygen atoms in total. The van der Waals surface area contributed by atoms with Gasteiger partial charge in [0.2, 0.25) is 0 Å². The molecule has 0 spiro atoms. The van der Waals surface area contributed by atoms with E-state index in [1.807, 2.05) is 10.9 Å². The Morgan fingerprint density at radius 3 is 3.00 bits per heavy atom. The summed E-state index contributed by atoms with van der Waals surface area (Å²) in [6, 6.07) is 0.584. The van der Waals surface area contributed by atoms with E-state index in [0.29, 0.717) is 12.5 Å². The minimum atomic E-state index is 0.493. The number of aromatic nitrogens is 2. The van der Waals surface area contributed by atoms with Crippen LogP contribution in [0.5, 0.6) is 0 Å². The highest BCUT2D eigenvalue weighted by Crippen LogP contribution is 2.28. The fourth-order valence-electron chi connectivity index (χ4n) is 1.95. The van der Waals surface area contributed by atoms with Crippen LogP contribution in [0.1, 0.15) is 37.3 Å². The van der Waals surface area contributed by atoms with Crippen molar-refractivity contribution < 1.29 is 4.79 Å². The zero-order valence-electron chi connectivity index (χ0n) is 7.65. The Kier molecular flexibility index (Phi) is 2.43. The molecular formula is C10H14N2O. The normalized spacial score (nSPS) is 17.8. The van der Waals surface area contributed by atoms with Crippen molar-refractivity contribution in [3.63, 3.8) is 0 Å². The van der Waals surface area contributed by atoms with Crippen LogP contribution in [-0.2, 0) is 11.2 Å². The number of carbonyl (C=O) groups is 1. The summed E-state index contributed by atoms with van der Waals surface area (Å²) in [7, 11) is 0. The van der Waals surface area contributed by atoms with Crippen molar-refractivity contribution in [2.45, 2.75) is 38.1 Å². The van der Waals surface area contributed by atoms with Gasteiger partial charge < -0.3 is 4.79 Å². The lowest BCUT2D eigenvalue weighted by Crippen LogP contribution is -2.04. The average molecular weight is 178 g/mol. The summed E-state index contributed by atoms with van der Waals surface area (Å²) in [5.74, 6) is 0. The zero-order chi connectivity index (χ0) is 9.10. The standard InChI is InChI=1S/C10H14N2O/c13-6-5-9-7-11-12(8-9)10-3-1-2-4-10/h6-8,10H,1-5H2. The van der Waals surface area contributed by atoms with Crippen molar-refractivity contribution in [1.82, 2.24) is 9.78 Å². The first-order chi connectivity index (χ1) is 6.40. The molecule has 1 aliphatic rings. The van der Waals surface area contributed by atoms with Crippen molar-refractivity contribution in [2.75, 3.05) is 0 Å². The van der Waals surface area contributed by atoms with Crippen molar-refractivity contribution in [3.05, 3.63) is 18.0 Å². The molecule has 13 heavy (non-hydrogen) atoms. The largest absolute Gasteiger partial charge is 0.303 e. The highest BCUT2D eigenvalue weighted by molar-refractivity contribution is 5.54. The van der Waals surface area contributed by atoms with E-state index < -0.39 is 0 Å². The lowest BCUT2D eigenvalue weighted by atomic mass is 10.2. The summed E-state index contributed by atoms with van der Waals surface area (Å²) in [5, 5.41) is 4.27. The van der Waals surface area contributed by atoms with Gasteiger partial charge in [0, 0.05) is 12.6 Å². The zero-order valence-corrected chi connectivity index (χ0v) is 7.65. The molecule has 1 heterocycles. The number of carbonyl (C=O) groups excluding carboxylic acids is 1. The smallest absolute Gasteiger partial charge is 0.124 e. The molecular weight excluding hydrogens is 164 g/mol. The Bertz CT molecular complexity index is 287. The maximum Gasteiger partial charge on any atom is 0.124 e. The minimum Gasteiger partial charge on any atom is -0.303 e. The van der Waals surface area contributed by atoms with Gasteiger partial charge in [0.05, 0.1) is 12.2 Å². The van der Waals surface area contributed by atoms with Gasteiger partial charge in [-0.3, -0.25) is 4.68 Å². The monoisotopic (exact) mass is 178 g/mol. The molecule has 1 aromatic rings. The van der Waals surface area contributed by atoms with Gasteiger partial charge in [-0.25, -0.2) is 0 Å². The van der Waals surface area contributed by atoms with Gasteiger partial charge in [-0.05, 0) is 18.4 Å². The summed E-state index contributed by atoms with van der Waals surface area (Å²) in [6.45, 7) is 0. The highest BCUT2D eigenvalue weighted by atomic mass is 16.1. The summed E-state index contributed by atoms with van der Waals surface area (Å²) in [6.07, 6.45) is 10.3. The molecule has 0 unspecified atom stereocenters. The quantitative estimate of drug-likeness (QED) is 0.661. The van der Waals surface area contributed by atoms with Crippen LogP contribution in [0.3, 0.4) is 0 Å². The maximum absolute atomic E-state index is 10.3. The summed E-state index contributed by atoms with van der Waals surface area (Å²) in [4.78, 5) is 10.3. The van der Waals surface area contributed by atoms with Crippen LogP contribution in [0.4, 0.5) is 0 Å². The molecule has 0 saturated heterocycles. The van der Waals surface area contributed by atoms with Crippen LogP contribution in [0.25, 0.3) is 0 Å². The second-order valence-corrected chi connectivity index (χ2v) is 3.64. The molecule has 3 heteroatoms. The molecule has 0 atom stereocenters. The SMILES string of the molecule is O=CCc1cnn(C2CCCC2)c1. The Hall–Kier alpha value is -1.12. The summed E-state index contributed by atoms with van der Waals surface area (Å²) < 4.78 is 2.02. The van der Waals surface area contributed by atoms with Gasteiger partial charge in [0.25, 0.3) is 0 Å². The lowest BCUT2D eigenvalue weighted by molar-refractivity contribution is -0.107. The Morgan fingerprint density at radius 2 is 2.31 bits per heavy atom. The molecule has 1 aromatic heterocycles. The first-order valence-corrected chi connectivity index (χ1v) is 4.87. The van der Waals surface area contributed by atoms with Crippen LogP contribution in [-0.4, -0.2) is 16.1 Å². The molecule has 0 radical (unpaired) electrons. The van der Waals surface area contributed by atoms with Crippen molar-refractivity contribution >= 4 is 6.29 Å². The third-order valence-electron chi connectivity index (χ3n) is 2.67. The van der Waals surface area contributed by atoms with E-state index in [1.165, 1.54) is 25.7 Å². The van der Waals surface area contributed by atoms with Gasteiger partial charge in [-0.2, -0.15) is 5.10 Å². The molecule has 1 aliphatic carbocycles. The fourth-order valence-corrected chi connectivity index (χ4v) is 1.95. The molecule has 0 amide bonds. The molecule has 0 aromatic carbocycles. The Labute approximate surface area is 77.7 Å². The average Bonchev–Trinajstić information content (AvgIpc) is 2.70.